The van der Waals surface area contributed by atoms with Crippen LogP contribution in [0.25, 0.3) is 10.9 Å². The zero-order chi connectivity index (χ0) is 26.0. The Hall–Kier alpha value is -3.30. The highest BCUT2D eigenvalue weighted by Gasteiger charge is 2.33. The number of esters is 1. The van der Waals surface area contributed by atoms with Crippen LogP contribution < -0.4 is 15.0 Å². The highest BCUT2D eigenvalue weighted by atomic mass is 16.6. The van der Waals surface area contributed by atoms with E-state index >= 15 is 0 Å². The molecule has 0 unspecified atom stereocenters. The summed E-state index contributed by atoms with van der Waals surface area (Å²) in [6.07, 6.45) is 2.53. The number of aromatic nitrogens is 2. The molecule has 2 aromatic rings. The number of nitrogens with zero attached hydrogens (tertiary/aromatic N) is 3. The topological polar surface area (TPSA) is 109 Å². The molecule has 0 spiro atoms. The van der Waals surface area contributed by atoms with Crippen molar-refractivity contribution in [2.24, 2.45) is 5.41 Å². The molecule has 35 heavy (non-hydrogen) atoms. The molecule has 3 rings (SSSR count). The van der Waals surface area contributed by atoms with E-state index in [2.05, 4.69) is 4.98 Å². The number of rotatable bonds is 6. The number of fused-ring (bicyclic) bond motifs is 1. The second kappa shape index (κ2) is 10.1. The van der Waals surface area contributed by atoms with Crippen LogP contribution in [0.4, 0.5) is 4.79 Å². The van der Waals surface area contributed by atoms with Crippen molar-refractivity contribution in [2.45, 2.75) is 72.8 Å². The van der Waals surface area contributed by atoms with Crippen LogP contribution in [0.2, 0.25) is 0 Å². The van der Waals surface area contributed by atoms with Gasteiger partial charge in [-0.05, 0) is 54.4 Å². The smallest absolute Gasteiger partial charge is 0.410 e. The number of carbonyl (C=O) groups is 2. The van der Waals surface area contributed by atoms with Crippen LogP contribution >= 0.6 is 0 Å². The summed E-state index contributed by atoms with van der Waals surface area (Å²) >= 11 is 0. The van der Waals surface area contributed by atoms with E-state index in [-0.39, 0.29) is 36.6 Å². The molecule has 0 saturated carbocycles. The van der Waals surface area contributed by atoms with Crippen molar-refractivity contribution in [3.63, 3.8) is 0 Å². The first-order valence-corrected chi connectivity index (χ1v) is 11.7. The lowest BCUT2D eigenvalue weighted by atomic mass is 9.98. The fraction of sp³-hybridized carbons (Fsp3) is 0.600. The molecular formula is C25H35N3O7. The molecule has 1 aliphatic heterocycles. The summed E-state index contributed by atoms with van der Waals surface area (Å²) in [5, 5.41) is 0.238. The lowest BCUT2D eigenvalue weighted by molar-refractivity contribution is -0.157. The van der Waals surface area contributed by atoms with Crippen molar-refractivity contribution in [1.29, 1.82) is 0 Å². The summed E-state index contributed by atoms with van der Waals surface area (Å²) in [5.41, 5.74) is -1.32. The molecule has 192 valence electrons. The Balaban J connectivity index is 1.86. The first-order chi connectivity index (χ1) is 16.3. The quantitative estimate of drug-likeness (QED) is 0.565. The van der Waals surface area contributed by atoms with Crippen LogP contribution in [-0.4, -0.2) is 58.4 Å². The van der Waals surface area contributed by atoms with Gasteiger partial charge in [-0.1, -0.05) is 0 Å². The molecule has 10 nitrogen and oxygen atoms in total. The van der Waals surface area contributed by atoms with Gasteiger partial charge in [-0.3, -0.25) is 14.2 Å². The summed E-state index contributed by atoms with van der Waals surface area (Å²) < 4.78 is 23.5. The molecule has 0 N–H and O–H groups in total. The molecule has 1 saturated heterocycles. The van der Waals surface area contributed by atoms with Gasteiger partial charge < -0.3 is 23.8 Å². The molecule has 1 fully saturated rings. The largest absolute Gasteiger partial charge is 0.497 e. The minimum atomic E-state index is -0.698. The van der Waals surface area contributed by atoms with Crippen LogP contribution in [0.15, 0.2) is 23.3 Å². The molecule has 1 aromatic heterocycles. The molecule has 1 aromatic carbocycles. The Bertz CT molecular complexity index is 1140. The first-order valence-electron chi connectivity index (χ1n) is 11.7. The zero-order valence-electron chi connectivity index (χ0n) is 21.5. The Morgan fingerprint density at radius 1 is 1.14 bits per heavy atom. The molecule has 10 heteroatoms. The van der Waals surface area contributed by atoms with Crippen molar-refractivity contribution in [1.82, 2.24) is 14.5 Å². The van der Waals surface area contributed by atoms with Gasteiger partial charge in [0.1, 0.15) is 35.4 Å². The third-order valence-electron chi connectivity index (χ3n) is 5.48. The van der Waals surface area contributed by atoms with Gasteiger partial charge in [0.05, 0.1) is 24.1 Å². The van der Waals surface area contributed by atoms with Crippen LogP contribution in [-0.2, 0) is 21.0 Å². The number of hydrogen-bond donors (Lipinski definition) is 0. The van der Waals surface area contributed by atoms with E-state index in [0.717, 1.165) is 12.8 Å². The number of carbonyl (C=O) groups excluding carboxylic acids is 2. The van der Waals surface area contributed by atoms with Gasteiger partial charge in [0, 0.05) is 18.7 Å². The number of methoxy groups -OCH3 is 1. The molecule has 0 aliphatic carbocycles. The Morgan fingerprint density at radius 3 is 2.49 bits per heavy atom. The van der Waals surface area contributed by atoms with E-state index < -0.39 is 22.5 Å². The average Bonchev–Trinajstić information content (AvgIpc) is 3.23. The summed E-state index contributed by atoms with van der Waals surface area (Å²) in [6, 6.07) is 3.05. The summed E-state index contributed by atoms with van der Waals surface area (Å²) in [6.45, 7) is 11.2. The van der Waals surface area contributed by atoms with Crippen molar-refractivity contribution >= 4 is 23.0 Å². The molecule has 0 radical (unpaired) electrons. The van der Waals surface area contributed by atoms with E-state index in [4.69, 9.17) is 18.9 Å². The maximum Gasteiger partial charge on any atom is 0.410 e. The highest BCUT2D eigenvalue weighted by molar-refractivity contribution is 5.85. The molecule has 1 aliphatic rings. The standard InChI is InChI=1S/C25H35N3O7/c1-24(2,3)22(30)34-15-27-14-26-18-11-17(32-7)12-19(20(18)21(27)29)33-13-16-9-8-10-28(16)23(31)35-25(4,5)6/h11-12,14,16H,8-10,13,15H2,1-7H3/t16-/m1/s1. The van der Waals surface area contributed by atoms with Crippen LogP contribution in [0, 0.1) is 5.41 Å². The second-order valence-corrected chi connectivity index (χ2v) is 10.6. The predicted molar refractivity (Wildman–Crippen MR) is 130 cm³/mol. The zero-order valence-corrected chi connectivity index (χ0v) is 21.5. The number of likely N-dealkylation sites (tertiary alicyclic amines) is 1. The van der Waals surface area contributed by atoms with Crippen LogP contribution in [0.1, 0.15) is 54.4 Å². The normalized spacial score (nSPS) is 16.3. The lowest BCUT2D eigenvalue weighted by Gasteiger charge is -2.28. The van der Waals surface area contributed by atoms with Gasteiger partial charge in [0.15, 0.2) is 6.73 Å². The van der Waals surface area contributed by atoms with Crippen molar-refractivity contribution in [2.75, 3.05) is 20.3 Å². The van der Waals surface area contributed by atoms with Gasteiger partial charge in [-0.15, -0.1) is 0 Å². The van der Waals surface area contributed by atoms with E-state index in [1.165, 1.54) is 18.0 Å². The SMILES string of the molecule is COc1cc(OC[C@H]2CCCN2C(=O)OC(C)(C)C)c2c(=O)n(COC(=O)C(C)(C)C)cnc2c1. The fourth-order valence-corrected chi connectivity index (χ4v) is 3.65. The predicted octanol–water partition coefficient (Wildman–Crippen LogP) is 3.73. The monoisotopic (exact) mass is 489 g/mol. The van der Waals surface area contributed by atoms with Gasteiger partial charge in [0.2, 0.25) is 0 Å². The third kappa shape index (κ3) is 6.43. The summed E-state index contributed by atoms with van der Waals surface area (Å²) in [5.74, 6) is 0.329. The number of hydrogen-bond acceptors (Lipinski definition) is 8. The number of benzene rings is 1. The van der Waals surface area contributed by atoms with Crippen molar-refractivity contribution in [3.05, 3.63) is 28.8 Å². The van der Waals surface area contributed by atoms with Gasteiger partial charge in [-0.2, -0.15) is 0 Å². The molecule has 2 heterocycles. The minimum Gasteiger partial charge on any atom is -0.497 e. The first kappa shape index (κ1) is 26.3. The Kier molecular flexibility index (Phi) is 7.62. The molecule has 1 atom stereocenters. The fourth-order valence-electron chi connectivity index (χ4n) is 3.65. The third-order valence-corrected chi connectivity index (χ3v) is 5.48. The number of ether oxygens (including phenoxy) is 4. The molecule has 1 amide bonds. The van der Waals surface area contributed by atoms with Gasteiger partial charge >= 0.3 is 12.1 Å². The highest BCUT2D eigenvalue weighted by Crippen LogP contribution is 2.29. The second-order valence-electron chi connectivity index (χ2n) is 10.6. The van der Waals surface area contributed by atoms with Crippen molar-refractivity contribution < 1.29 is 28.5 Å². The average molecular weight is 490 g/mol. The van der Waals surface area contributed by atoms with Gasteiger partial charge in [-0.25, -0.2) is 9.78 Å². The maximum absolute atomic E-state index is 13.3. The minimum absolute atomic E-state index is 0.175. The Morgan fingerprint density at radius 2 is 1.86 bits per heavy atom. The van der Waals surface area contributed by atoms with E-state index in [1.54, 1.807) is 37.8 Å². The number of amides is 1. The van der Waals surface area contributed by atoms with E-state index in [1.807, 2.05) is 20.8 Å². The summed E-state index contributed by atoms with van der Waals surface area (Å²) in [7, 11) is 1.51. The lowest BCUT2D eigenvalue weighted by Crippen LogP contribution is -2.42. The van der Waals surface area contributed by atoms with E-state index in [9.17, 15) is 14.4 Å². The Labute approximate surface area is 205 Å². The summed E-state index contributed by atoms with van der Waals surface area (Å²) in [4.78, 5) is 44.0. The molecule has 0 bridgehead atoms. The maximum atomic E-state index is 13.3. The van der Waals surface area contributed by atoms with Gasteiger partial charge in [0.25, 0.3) is 5.56 Å². The molecular weight excluding hydrogens is 454 g/mol. The van der Waals surface area contributed by atoms with E-state index in [0.29, 0.717) is 17.8 Å². The van der Waals surface area contributed by atoms with Crippen molar-refractivity contribution in [3.8, 4) is 11.5 Å². The van der Waals surface area contributed by atoms with Crippen LogP contribution in [0.3, 0.4) is 0 Å². The van der Waals surface area contributed by atoms with Crippen LogP contribution in [0.5, 0.6) is 11.5 Å².